The number of hydrogen-bond donors (Lipinski definition) is 1. The summed E-state index contributed by atoms with van der Waals surface area (Å²) in [4.78, 5) is 0. The first-order valence-electron chi connectivity index (χ1n) is 8.06. The van der Waals surface area contributed by atoms with E-state index in [2.05, 4.69) is 6.92 Å². The second kappa shape index (κ2) is 6.78. The molecular formula is C16H31N. The van der Waals surface area contributed by atoms with Crippen LogP contribution in [0.15, 0.2) is 0 Å². The van der Waals surface area contributed by atoms with Gasteiger partial charge in [0, 0.05) is 6.04 Å². The Hall–Kier alpha value is -0.0400. The third-order valence-electron chi connectivity index (χ3n) is 5.33. The van der Waals surface area contributed by atoms with Crippen molar-refractivity contribution in [1.29, 1.82) is 0 Å². The van der Waals surface area contributed by atoms with Crippen molar-refractivity contribution in [1.82, 2.24) is 0 Å². The Morgan fingerprint density at radius 1 is 0.882 bits per heavy atom. The van der Waals surface area contributed by atoms with Gasteiger partial charge < -0.3 is 5.73 Å². The molecule has 0 amide bonds. The van der Waals surface area contributed by atoms with Gasteiger partial charge in [0.25, 0.3) is 0 Å². The van der Waals surface area contributed by atoms with E-state index in [-0.39, 0.29) is 0 Å². The van der Waals surface area contributed by atoms with E-state index in [9.17, 15) is 0 Å². The maximum Gasteiger partial charge on any atom is 0.00956 e. The standard InChI is InChI=1S/C16H31N/c1-2-6-13-9-11-15(12-10-13)16(17)14-7-4-3-5-8-14/h13-16H,2-12,17H2,1H3. The van der Waals surface area contributed by atoms with Crippen LogP contribution in [0.25, 0.3) is 0 Å². The molecule has 1 unspecified atom stereocenters. The largest absolute Gasteiger partial charge is 0.327 e. The lowest BCUT2D eigenvalue weighted by atomic mass is 9.71. The summed E-state index contributed by atoms with van der Waals surface area (Å²) < 4.78 is 0. The van der Waals surface area contributed by atoms with Crippen LogP contribution in [-0.2, 0) is 0 Å². The Morgan fingerprint density at radius 2 is 1.47 bits per heavy atom. The first-order chi connectivity index (χ1) is 8.31. The summed E-state index contributed by atoms with van der Waals surface area (Å²) >= 11 is 0. The Labute approximate surface area is 108 Å². The second-order valence-electron chi connectivity index (χ2n) is 6.54. The van der Waals surface area contributed by atoms with Crippen molar-refractivity contribution in [3.05, 3.63) is 0 Å². The fourth-order valence-electron chi connectivity index (χ4n) is 4.17. The Balaban J connectivity index is 1.75. The zero-order valence-corrected chi connectivity index (χ0v) is 11.7. The van der Waals surface area contributed by atoms with Gasteiger partial charge in [-0.2, -0.15) is 0 Å². The first kappa shape index (κ1) is 13.4. The predicted molar refractivity (Wildman–Crippen MR) is 74.9 cm³/mol. The summed E-state index contributed by atoms with van der Waals surface area (Å²) in [5.74, 6) is 2.73. The van der Waals surface area contributed by atoms with E-state index >= 15 is 0 Å². The van der Waals surface area contributed by atoms with Gasteiger partial charge in [-0.3, -0.25) is 0 Å². The molecule has 2 aliphatic rings. The van der Waals surface area contributed by atoms with E-state index < -0.39 is 0 Å². The van der Waals surface area contributed by atoms with Gasteiger partial charge in [0.2, 0.25) is 0 Å². The van der Waals surface area contributed by atoms with E-state index in [0.29, 0.717) is 6.04 Å². The van der Waals surface area contributed by atoms with Crippen molar-refractivity contribution in [2.24, 2.45) is 23.5 Å². The molecule has 0 radical (unpaired) electrons. The van der Waals surface area contributed by atoms with Gasteiger partial charge in [-0.05, 0) is 43.4 Å². The molecule has 0 spiro atoms. The molecule has 0 saturated heterocycles. The lowest BCUT2D eigenvalue weighted by Gasteiger charge is -2.37. The SMILES string of the molecule is CCCC1CCC(C(N)C2CCCCC2)CC1. The lowest BCUT2D eigenvalue weighted by molar-refractivity contribution is 0.176. The van der Waals surface area contributed by atoms with Gasteiger partial charge >= 0.3 is 0 Å². The molecule has 1 nitrogen and oxygen atoms in total. The third-order valence-corrected chi connectivity index (χ3v) is 5.33. The summed E-state index contributed by atoms with van der Waals surface area (Å²) in [7, 11) is 0. The van der Waals surface area contributed by atoms with Gasteiger partial charge in [0.15, 0.2) is 0 Å². The van der Waals surface area contributed by atoms with E-state index in [1.165, 1.54) is 70.6 Å². The monoisotopic (exact) mass is 237 g/mol. The molecule has 2 fully saturated rings. The molecule has 0 heterocycles. The van der Waals surface area contributed by atoms with Crippen LogP contribution < -0.4 is 5.73 Å². The molecule has 2 saturated carbocycles. The quantitative estimate of drug-likeness (QED) is 0.765. The molecule has 17 heavy (non-hydrogen) atoms. The van der Waals surface area contributed by atoms with Crippen molar-refractivity contribution in [2.45, 2.75) is 83.6 Å². The molecule has 2 aliphatic carbocycles. The van der Waals surface area contributed by atoms with Crippen LogP contribution in [0.4, 0.5) is 0 Å². The van der Waals surface area contributed by atoms with Crippen molar-refractivity contribution < 1.29 is 0 Å². The second-order valence-corrected chi connectivity index (χ2v) is 6.54. The Kier molecular flexibility index (Phi) is 5.34. The zero-order chi connectivity index (χ0) is 12.1. The average Bonchev–Trinajstić information content (AvgIpc) is 2.40. The van der Waals surface area contributed by atoms with Crippen LogP contribution in [0.5, 0.6) is 0 Å². The summed E-state index contributed by atoms with van der Waals surface area (Å²) in [6, 6.07) is 0.526. The van der Waals surface area contributed by atoms with Crippen LogP contribution in [0, 0.1) is 17.8 Å². The van der Waals surface area contributed by atoms with Crippen LogP contribution in [0.2, 0.25) is 0 Å². The molecule has 100 valence electrons. The fourth-order valence-corrected chi connectivity index (χ4v) is 4.17. The van der Waals surface area contributed by atoms with Crippen molar-refractivity contribution >= 4 is 0 Å². The maximum atomic E-state index is 6.54. The summed E-state index contributed by atoms with van der Waals surface area (Å²) in [5.41, 5.74) is 6.54. The summed E-state index contributed by atoms with van der Waals surface area (Å²) in [5, 5.41) is 0. The third kappa shape index (κ3) is 3.71. The highest BCUT2D eigenvalue weighted by molar-refractivity contribution is 4.85. The van der Waals surface area contributed by atoms with Crippen LogP contribution in [0.1, 0.15) is 77.6 Å². The molecule has 1 atom stereocenters. The molecule has 2 N–H and O–H groups in total. The molecule has 0 bridgehead atoms. The minimum atomic E-state index is 0.526. The molecule has 0 aliphatic heterocycles. The molecule has 0 aromatic heterocycles. The smallest absolute Gasteiger partial charge is 0.00956 e. The minimum Gasteiger partial charge on any atom is -0.327 e. The van der Waals surface area contributed by atoms with E-state index in [1.807, 2.05) is 0 Å². The highest BCUT2D eigenvalue weighted by atomic mass is 14.7. The average molecular weight is 237 g/mol. The van der Waals surface area contributed by atoms with Gasteiger partial charge in [-0.1, -0.05) is 51.9 Å². The van der Waals surface area contributed by atoms with Crippen LogP contribution in [0.3, 0.4) is 0 Å². The topological polar surface area (TPSA) is 26.0 Å². The number of nitrogens with two attached hydrogens (primary N) is 1. The first-order valence-corrected chi connectivity index (χ1v) is 8.06. The predicted octanol–water partition coefficient (Wildman–Crippen LogP) is 4.50. The van der Waals surface area contributed by atoms with Crippen molar-refractivity contribution in [3.63, 3.8) is 0 Å². The fraction of sp³-hybridized carbons (Fsp3) is 1.00. The highest BCUT2D eigenvalue weighted by Crippen LogP contribution is 2.37. The minimum absolute atomic E-state index is 0.526. The Morgan fingerprint density at radius 3 is 2.06 bits per heavy atom. The Bertz CT molecular complexity index is 200. The molecule has 2 rings (SSSR count). The van der Waals surface area contributed by atoms with E-state index in [1.54, 1.807) is 0 Å². The molecule has 0 aromatic rings. The number of rotatable bonds is 4. The lowest BCUT2D eigenvalue weighted by Crippen LogP contribution is -2.40. The normalized spacial score (nSPS) is 33.5. The molecule has 0 aromatic carbocycles. The maximum absolute atomic E-state index is 6.54. The van der Waals surface area contributed by atoms with Crippen LogP contribution >= 0.6 is 0 Å². The van der Waals surface area contributed by atoms with E-state index in [0.717, 1.165) is 17.8 Å². The molecule has 1 heteroatoms. The zero-order valence-electron chi connectivity index (χ0n) is 11.7. The highest BCUT2D eigenvalue weighted by Gasteiger charge is 2.30. The number of hydrogen-bond acceptors (Lipinski definition) is 1. The van der Waals surface area contributed by atoms with E-state index in [4.69, 9.17) is 5.73 Å². The van der Waals surface area contributed by atoms with Gasteiger partial charge in [0.05, 0.1) is 0 Å². The van der Waals surface area contributed by atoms with Gasteiger partial charge in [-0.25, -0.2) is 0 Å². The van der Waals surface area contributed by atoms with Crippen molar-refractivity contribution in [2.75, 3.05) is 0 Å². The van der Waals surface area contributed by atoms with Crippen LogP contribution in [-0.4, -0.2) is 6.04 Å². The van der Waals surface area contributed by atoms with Crippen molar-refractivity contribution in [3.8, 4) is 0 Å². The van der Waals surface area contributed by atoms with Gasteiger partial charge in [-0.15, -0.1) is 0 Å². The summed E-state index contributed by atoms with van der Waals surface area (Å²) in [6.07, 6.45) is 15.7. The van der Waals surface area contributed by atoms with Gasteiger partial charge in [0.1, 0.15) is 0 Å². The molecular weight excluding hydrogens is 206 g/mol. The summed E-state index contributed by atoms with van der Waals surface area (Å²) in [6.45, 7) is 2.32.